The van der Waals surface area contributed by atoms with Crippen LogP contribution < -0.4 is 0 Å². The predicted molar refractivity (Wildman–Crippen MR) is 76.0 cm³/mol. The smallest absolute Gasteiger partial charge is 0.141 e. The summed E-state index contributed by atoms with van der Waals surface area (Å²) in [7, 11) is 0. The van der Waals surface area contributed by atoms with Crippen LogP contribution in [0.2, 0.25) is 5.02 Å². The molecule has 0 saturated heterocycles. The molecule has 0 amide bonds. The number of aromatic nitrogens is 2. The minimum absolute atomic E-state index is 0.175. The number of hydrogen-bond acceptors (Lipinski definition) is 3. The Morgan fingerprint density at radius 2 is 2.25 bits per heavy atom. The molecule has 0 unspecified atom stereocenters. The van der Waals surface area contributed by atoms with Gasteiger partial charge in [-0.15, -0.1) is 0 Å². The van der Waals surface area contributed by atoms with Gasteiger partial charge in [0, 0.05) is 25.3 Å². The van der Waals surface area contributed by atoms with Crippen LogP contribution >= 0.6 is 11.6 Å². The molecule has 1 atom stereocenters. The fourth-order valence-corrected chi connectivity index (χ4v) is 2.77. The number of benzene rings is 1. The van der Waals surface area contributed by atoms with E-state index in [4.69, 9.17) is 11.6 Å². The molecule has 104 valence electrons. The number of nitrogens with zero attached hydrogens (tertiary/aromatic N) is 3. The quantitative estimate of drug-likeness (QED) is 0.849. The normalized spacial score (nSPS) is 16.8. The highest BCUT2D eigenvalue weighted by Crippen LogP contribution is 2.28. The summed E-state index contributed by atoms with van der Waals surface area (Å²) in [6.45, 7) is 3.83. The molecule has 1 aliphatic heterocycles. The van der Waals surface area contributed by atoms with Gasteiger partial charge in [0.2, 0.25) is 0 Å². The first-order valence-electron chi connectivity index (χ1n) is 6.62. The molecule has 0 saturated carbocycles. The molecule has 0 spiro atoms. The molecule has 1 aliphatic rings. The van der Waals surface area contributed by atoms with Crippen molar-refractivity contribution in [2.75, 3.05) is 6.54 Å². The van der Waals surface area contributed by atoms with Gasteiger partial charge in [-0.2, -0.15) is 0 Å². The van der Waals surface area contributed by atoms with E-state index >= 15 is 0 Å². The maximum absolute atomic E-state index is 13.2. The van der Waals surface area contributed by atoms with Crippen molar-refractivity contribution in [3.05, 3.63) is 58.4 Å². The first kappa shape index (κ1) is 13.5. The minimum Gasteiger partial charge on any atom is -0.290 e. The second-order valence-electron chi connectivity index (χ2n) is 5.06. The van der Waals surface area contributed by atoms with Gasteiger partial charge in [-0.1, -0.05) is 17.7 Å². The summed E-state index contributed by atoms with van der Waals surface area (Å²) in [5.41, 5.74) is 3.31. The largest absolute Gasteiger partial charge is 0.290 e. The molecule has 2 aromatic rings. The minimum atomic E-state index is -0.376. The van der Waals surface area contributed by atoms with Crippen molar-refractivity contribution in [2.24, 2.45) is 0 Å². The molecule has 1 aromatic carbocycles. The van der Waals surface area contributed by atoms with Gasteiger partial charge in [0.15, 0.2) is 0 Å². The van der Waals surface area contributed by atoms with E-state index in [1.165, 1.54) is 11.6 Å². The van der Waals surface area contributed by atoms with E-state index in [2.05, 4.69) is 21.8 Å². The Labute approximate surface area is 122 Å². The average Bonchev–Trinajstić information content (AvgIpc) is 2.49. The van der Waals surface area contributed by atoms with Crippen molar-refractivity contribution >= 4 is 11.6 Å². The van der Waals surface area contributed by atoms with E-state index in [0.717, 1.165) is 30.8 Å². The van der Waals surface area contributed by atoms with Gasteiger partial charge in [0.25, 0.3) is 0 Å². The third-order valence-electron chi connectivity index (χ3n) is 3.88. The molecule has 0 aliphatic carbocycles. The Bertz CT molecular complexity index is 632. The summed E-state index contributed by atoms with van der Waals surface area (Å²) < 4.78 is 13.2. The highest BCUT2D eigenvalue weighted by Gasteiger charge is 2.23. The monoisotopic (exact) mass is 291 g/mol. The van der Waals surface area contributed by atoms with Crippen LogP contribution in [0.1, 0.15) is 29.8 Å². The van der Waals surface area contributed by atoms with E-state index in [1.807, 2.05) is 6.20 Å². The maximum atomic E-state index is 13.2. The molecule has 0 N–H and O–H groups in total. The number of hydrogen-bond donors (Lipinski definition) is 0. The Balaban J connectivity index is 1.82. The summed E-state index contributed by atoms with van der Waals surface area (Å²) >= 11 is 5.86. The van der Waals surface area contributed by atoms with Crippen molar-refractivity contribution < 1.29 is 4.39 Å². The number of fused-ring (bicyclic) bond motifs is 1. The van der Waals surface area contributed by atoms with Gasteiger partial charge in [-0.3, -0.25) is 4.90 Å². The van der Waals surface area contributed by atoms with Crippen LogP contribution in [-0.4, -0.2) is 21.4 Å². The number of rotatable bonds is 2. The highest BCUT2D eigenvalue weighted by molar-refractivity contribution is 6.30. The zero-order chi connectivity index (χ0) is 14.1. The van der Waals surface area contributed by atoms with Crippen molar-refractivity contribution in [1.29, 1.82) is 0 Å². The van der Waals surface area contributed by atoms with Crippen LogP contribution in [0.25, 0.3) is 0 Å². The van der Waals surface area contributed by atoms with Gasteiger partial charge in [-0.25, -0.2) is 14.4 Å². The Morgan fingerprint density at radius 1 is 1.40 bits per heavy atom. The number of halogens is 2. The first-order valence-corrected chi connectivity index (χ1v) is 6.99. The van der Waals surface area contributed by atoms with E-state index in [9.17, 15) is 4.39 Å². The van der Waals surface area contributed by atoms with Crippen molar-refractivity contribution in [3.63, 3.8) is 0 Å². The van der Waals surface area contributed by atoms with E-state index in [1.54, 1.807) is 18.5 Å². The molecule has 20 heavy (non-hydrogen) atoms. The average molecular weight is 292 g/mol. The van der Waals surface area contributed by atoms with E-state index in [0.29, 0.717) is 0 Å². The van der Waals surface area contributed by atoms with Gasteiger partial charge in [0.1, 0.15) is 12.1 Å². The lowest BCUT2D eigenvalue weighted by Gasteiger charge is -2.33. The van der Waals surface area contributed by atoms with Crippen LogP contribution in [0.3, 0.4) is 0 Å². The summed E-state index contributed by atoms with van der Waals surface area (Å²) in [6.07, 6.45) is 4.41. The van der Waals surface area contributed by atoms with E-state index < -0.39 is 0 Å². The second kappa shape index (κ2) is 5.46. The van der Waals surface area contributed by atoms with Crippen LogP contribution in [0.5, 0.6) is 0 Å². The lowest BCUT2D eigenvalue weighted by Crippen LogP contribution is -2.33. The molecule has 0 bridgehead atoms. The Hall–Kier alpha value is -1.52. The van der Waals surface area contributed by atoms with Crippen LogP contribution in [0.15, 0.2) is 30.7 Å². The summed E-state index contributed by atoms with van der Waals surface area (Å²) in [5, 5.41) is 0.175. The molecule has 0 radical (unpaired) electrons. The molecule has 5 heteroatoms. The van der Waals surface area contributed by atoms with Crippen molar-refractivity contribution in [2.45, 2.75) is 25.9 Å². The zero-order valence-corrected chi connectivity index (χ0v) is 11.9. The molecule has 0 fully saturated rings. The Morgan fingerprint density at radius 3 is 3.05 bits per heavy atom. The molecule has 2 heterocycles. The van der Waals surface area contributed by atoms with Gasteiger partial charge < -0.3 is 0 Å². The zero-order valence-electron chi connectivity index (χ0n) is 11.2. The predicted octanol–water partition coefficient (Wildman–Crippen LogP) is 3.39. The summed E-state index contributed by atoms with van der Waals surface area (Å²) in [4.78, 5) is 10.7. The third kappa shape index (κ3) is 2.53. The van der Waals surface area contributed by atoms with Gasteiger partial charge in [-0.05, 0) is 36.6 Å². The maximum Gasteiger partial charge on any atom is 0.141 e. The molecule has 1 aromatic heterocycles. The third-order valence-corrected chi connectivity index (χ3v) is 4.17. The topological polar surface area (TPSA) is 29.0 Å². The van der Waals surface area contributed by atoms with Gasteiger partial charge >= 0.3 is 0 Å². The SMILES string of the molecule is C[C@@H](c1ccc(F)c(Cl)c1)N1CCc2cncnc2C1. The van der Waals surface area contributed by atoms with Crippen LogP contribution in [-0.2, 0) is 13.0 Å². The molecule has 3 nitrogen and oxygen atoms in total. The molecular formula is C15H15ClFN3. The Kier molecular flexibility index (Phi) is 3.68. The van der Waals surface area contributed by atoms with E-state index in [-0.39, 0.29) is 16.9 Å². The van der Waals surface area contributed by atoms with Crippen molar-refractivity contribution in [1.82, 2.24) is 14.9 Å². The fraction of sp³-hybridized carbons (Fsp3) is 0.333. The summed E-state index contributed by atoms with van der Waals surface area (Å²) in [5.74, 6) is -0.376. The second-order valence-corrected chi connectivity index (χ2v) is 5.47. The highest BCUT2D eigenvalue weighted by atomic mass is 35.5. The lowest BCUT2D eigenvalue weighted by molar-refractivity contribution is 0.188. The fourth-order valence-electron chi connectivity index (χ4n) is 2.58. The molecule has 3 rings (SSSR count). The standard InChI is InChI=1S/C15H15ClFN3/c1-10(11-2-3-14(17)13(16)6-11)20-5-4-12-7-18-9-19-15(12)8-20/h2-3,6-7,9-10H,4-5,8H2,1H3/t10-/m0/s1. The summed E-state index contributed by atoms with van der Waals surface area (Å²) in [6, 6.07) is 5.10. The first-order chi connectivity index (χ1) is 9.65. The lowest BCUT2D eigenvalue weighted by atomic mass is 10.0. The van der Waals surface area contributed by atoms with Crippen LogP contribution in [0, 0.1) is 5.82 Å². The molecular weight excluding hydrogens is 277 g/mol. The van der Waals surface area contributed by atoms with Crippen LogP contribution in [0.4, 0.5) is 4.39 Å². The van der Waals surface area contributed by atoms with Gasteiger partial charge in [0.05, 0.1) is 10.7 Å². The van der Waals surface area contributed by atoms with Crippen molar-refractivity contribution in [3.8, 4) is 0 Å².